The first-order valence-electron chi connectivity index (χ1n) is 26.7. The number of rotatable bonds is 44. The number of likely N-dealkylation sites (N-methyl/N-ethyl adjacent to an activating group) is 1. The van der Waals surface area contributed by atoms with E-state index in [1.54, 1.807) is 7.05 Å². The second-order valence-electron chi connectivity index (χ2n) is 18.9. The Morgan fingerprint density at radius 3 is 1.24 bits per heavy atom. The lowest BCUT2D eigenvalue weighted by Crippen LogP contribution is -2.29. The second kappa shape index (κ2) is 37.5. The van der Waals surface area contributed by atoms with Gasteiger partial charge in [0.2, 0.25) is 0 Å². The maximum Gasteiger partial charge on any atom is 0.472 e. The van der Waals surface area contributed by atoms with Gasteiger partial charge in [0.15, 0.2) is 6.10 Å². The van der Waals surface area contributed by atoms with Gasteiger partial charge in [-0.15, -0.1) is 0 Å². The van der Waals surface area contributed by atoms with E-state index in [9.17, 15) is 19.0 Å². The van der Waals surface area contributed by atoms with Gasteiger partial charge in [0.1, 0.15) is 29.6 Å². The van der Waals surface area contributed by atoms with Gasteiger partial charge in [0.05, 0.1) is 13.2 Å². The number of ether oxygens (including phenoxy) is 2. The first-order chi connectivity index (χ1) is 31.9. The minimum atomic E-state index is -4.37. The Labute approximate surface area is 402 Å². The number of esters is 2. The summed E-state index contributed by atoms with van der Waals surface area (Å²) in [6.07, 6.45) is 33.4. The van der Waals surface area contributed by atoms with E-state index < -0.39 is 26.5 Å². The third-order valence-corrected chi connectivity index (χ3v) is 14.1. The van der Waals surface area contributed by atoms with Gasteiger partial charge in [0, 0.05) is 45.1 Å². The van der Waals surface area contributed by atoms with E-state index in [0.29, 0.717) is 13.0 Å². The van der Waals surface area contributed by atoms with Crippen LogP contribution in [-0.4, -0.2) is 56.3 Å². The predicted octanol–water partition coefficient (Wildman–Crippen LogP) is 14.7. The van der Waals surface area contributed by atoms with Crippen molar-refractivity contribution < 1.29 is 46.4 Å². The van der Waals surface area contributed by atoms with Gasteiger partial charge in [-0.1, -0.05) is 142 Å². The summed E-state index contributed by atoms with van der Waals surface area (Å²) in [7, 11) is -2.67. The van der Waals surface area contributed by atoms with Gasteiger partial charge in [0.25, 0.3) is 0 Å². The van der Waals surface area contributed by atoms with E-state index in [4.69, 9.17) is 27.4 Å². The molecule has 0 spiro atoms. The Morgan fingerprint density at radius 1 is 0.515 bits per heavy atom. The maximum atomic E-state index is 12.8. The minimum absolute atomic E-state index is 0.0254. The molecule has 0 fully saturated rings. The van der Waals surface area contributed by atoms with Crippen molar-refractivity contribution >= 4 is 19.8 Å². The number of unbranched alkanes of at least 4 members (excludes halogenated alkanes) is 22. The van der Waals surface area contributed by atoms with E-state index in [1.807, 2.05) is 0 Å². The molecule has 382 valence electrons. The van der Waals surface area contributed by atoms with E-state index in [1.165, 1.54) is 161 Å². The summed E-state index contributed by atoms with van der Waals surface area (Å²) < 4.78 is 46.0. The summed E-state index contributed by atoms with van der Waals surface area (Å²) in [4.78, 5) is 35.5. The number of phosphoric acid groups is 1. The normalized spacial score (nSPS) is 13.0. The predicted molar refractivity (Wildman–Crippen MR) is 268 cm³/mol. The van der Waals surface area contributed by atoms with Crippen molar-refractivity contribution in [1.29, 1.82) is 0 Å². The van der Waals surface area contributed by atoms with Crippen LogP contribution in [-0.2, 0) is 58.4 Å². The van der Waals surface area contributed by atoms with Crippen molar-refractivity contribution in [2.24, 2.45) is 0 Å². The van der Waals surface area contributed by atoms with Crippen LogP contribution in [0.1, 0.15) is 239 Å². The van der Waals surface area contributed by atoms with Crippen LogP contribution in [0.3, 0.4) is 0 Å². The molecular weight excluding hydrogens is 854 g/mol. The zero-order valence-electron chi connectivity index (χ0n) is 43.1. The molecule has 0 aromatic carbocycles. The lowest BCUT2D eigenvalue weighted by molar-refractivity contribution is -0.161. The third kappa shape index (κ3) is 27.5. The standard InChI is InChI=1S/C54H96NO10P/c1-8-10-28-34-49-44(3)46(5)51(64-49)36-30-24-20-16-12-14-18-22-26-32-38-53(56)60-42-48(43-62-66(58,59)61-41-40-55-7)63-54(57)39-33-27-23-19-15-13-17-21-25-31-37-52-47(6)45(4)50(65-52)35-29-11-9-2/h48,55H,8-43H2,1-7H3,(H,58,59)/t48-/m1/s1. The van der Waals surface area contributed by atoms with E-state index >= 15 is 0 Å². The molecule has 0 bridgehead atoms. The Kier molecular flexibility index (Phi) is 33.9. The van der Waals surface area contributed by atoms with Gasteiger partial charge in [-0.25, -0.2) is 4.57 Å². The fraction of sp³-hybridized carbons (Fsp3) is 0.815. The zero-order chi connectivity index (χ0) is 48.3. The maximum absolute atomic E-state index is 12.8. The van der Waals surface area contributed by atoms with Crippen LogP contribution in [0.2, 0.25) is 0 Å². The van der Waals surface area contributed by atoms with Crippen LogP contribution in [0.5, 0.6) is 0 Å². The number of aryl methyl sites for hydroxylation is 4. The minimum Gasteiger partial charge on any atom is -0.466 e. The molecule has 0 aliphatic heterocycles. The number of carbonyl (C=O) groups is 2. The van der Waals surface area contributed by atoms with Gasteiger partial charge in [-0.3, -0.25) is 18.6 Å². The van der Waals surface area contributed by atoms with Crippen LogP contribution >= 0.6 is 7.82 Å². The first kappa shape index (κ1) is 59.7. The number of furan rings is 2. The first-order valence-corrected chi connectivity index (χ1v) is 28.2. The Hall–Kier alpha value is -2.43. The molecule has 12 heteroatoms. The van der Waals surface area contributed by atoms with E-state index in [2.05, 4.69) is 46.9 Å². The Balaban J connectivity index is 1.55. The van der Waals surface area contributed by atoms with Gasteiger partial charge >= 0.3 is 19.8 Å². The Bertz CT molecular complexity index is 1600. The third-order valence-electron chi connectivity index (χ3n) is 13.1. The summed E-state index contributed by atoms with van der Waals surface area (Å²) in [5.74, 6) is 3.93. The van der Waals surface area contributed by atoms with Crippen LogP contribution in [0.15, 0.2) is 8.83 Å². The summed E-state index contributed by atoms with van der Waals surface area (Å²) in [5, 5.41) is 2.83. The summed E-state index contributed by atoms with van der Waals surface area (Å²) >= 11 is 0. The number of phosphoric ester groups is 1. The molecule has 0 amide bonds. The highest BCUT2D eigenvalue weighted by Crippen LogP contribution is 2.43. The lowest BCUT2D eigenvalue weighted by Gasteiger charge is -2.20. The highest BCUT2D eigenvalue weighted by atomic mass is 31.2. The van der Waals surface area contributed by atoms with Crippen molar-refractivity contribution in [3.8, 4) is 0 Å². The fourth-order valence-electron chi connectivity index (χ4n) is 8.50. The summed E-state index contributed by atoms with van der Waals surface area (Å²) in [5.41, 5.74) is 5.39. The van der Waals surface area contributed by atoms with Gasteiger partial charge < -0.3 is 28.5 Å². The van der Waals surface area contributed by atoms with Crippen LogP contribution < -0.4 is 5.32 Å². The molecular formula is C54H96NO10P. The molecule has 0 aliphatic carbocycles. The molecule has 2 N–H and O–H groups in total. The molecule has 0 radical (unpaired) electrons. The average molecular weight is 950 g/mol. The van der Waals surface area contributed by atoms with Gasteiger partial charge in [-0.2, -0.15) is 0 Å². The van der Waals surface area contributed by atoms with Crippen LogP contribution in [0.4, 0.5) is 0 Å². The quantitative estimate of drug-likeness (QED) is 0.0372. The topological polar surface area (TPSA) is 147 Å². The average Bonchev–Trinajstić information content (AvgIpc) is 3.72. The largest absolute Gasteiger partial charge is 0.472 e. The molecule has 2 atom stereocenters. The molecule has 0 saturated carbocycles. The number of nitrogens with one attached hydrogen (secondary N) is 1. The molecule has 2 aromatic heterocycles. The van der Waals surface area contributed by atoms with E-state index in [0.717, 1.165) is 70.6 Å². The highest BCUT2D eigenvalue weighted by Gasteiger charge is 2.26. The number of carbonyl (C=O) groups excluding carboxylic acids is 2. The molecule has 2 rings (SSSR count). The van der Waals surface area contributed by atoms with Crippen LogP contribution in [0.25, 0.3) is 0 Å². The molecule has 2 heterocycles. The highest BCUT2D eigenvalue weighted by molar-refractivity contribution is 7.47. The van der Waals surface area contributed by atoms with Crippen molar-refractivity contribution in [3.63, 3.8) is 0 Å². The molecule has 66 heavy (non-hydrogen) atoms. The SMILES string of the molecule is CCCCCc1oc(CCCCCCCCCCCCC(=O)OC[C@H](COP(=O)(O)OCCNC)OC(=O)CCCCCCCCCCCCc2oc(CCCCC)c(C)c2C)c(C)c1C. The molecule has 0 saturated heterocycles. The monoisotopic (exact) mass is 950 g/mol. The van der Waals surface area contributed by atoms with Crippen molar-refractivity contribution in [2.75, 3.05) is 33.4 Å². The molecule has 0 aliphatic rings. The second-order valence-corrected chi connectivity index (χ2v) is 20.3. The van der Waals surface area contributed by atoms with E-state index in [-0.39, 0.29) is 32.0 Å². The fourth-order valence-corrected chi connectivity index (χ4v) is 9.25. The number of hydrogen-bond acceptors (Lipinski definition) is 10. The van der Waals surface area contributed by atoms with Gasteiger partial charge in [-0.05, 0) is 95.5 Å². The number of hydrogen-bond donors (Lipinski definition) is 2. The van der Waals surface area contributed by atoms with Crippen molar-refractivity contribution in [1.82, 2.24) is 5.32 Å². The zero-order valence-corrected chi connectivity index (χ0v) is 44.0. The summed E-state index contributed by atoms with van der Waals surface area (Å²) in [6.45, 7) is 13.0. The van der Waals surface area contributed by atoms with Crippen molar-refractivity contribution in [3.05, 3.63) is 45.3 Å². The van der Waals surface area contributed by atoms with Crippen molar-refractivity contribution in [2.45, 2.75) is 253 Å². The van der Waals surface area contributed by atoms with Crippen LogP contribution in [0, 0.1) is 27.7 Å². The molecule has 1 unspecified atom stereocenters. The summed E-state index contributed by atoms with van der Waals surface area (Å²) in [6, 6.07) is 0. The lowest BCUT2D eigenvalue weighted by atomic mass is 10.0. The smallest absolute Gasteiger partial charge is 0.466 e. The Morgan fingerprint density at radius 2 is 0.864 bits per heavy atom. The molecule has 11 nitrogen and oxygen atoms in total. The molecule has 2 aromatic rings.